The van der Waals surface area contributed by atoms with Crippen molar-refractivity contribution in [2.24, 2.45) is 0 Å². The maximum absolute atomic E-state index is 12.3. The van der Waals surface area contributed by atoms with Gasteiger partial charge in [-0.15, -0.1) is 0 Å². The highest BCUT2D eigenvalue weighted by atomic mass is 19.4. The fourth-order valence-corrected chi connectivity index (χ4v) is 1.92. The topological polar surface area (TPSA) is 54.0 Å². The van der Waals surface area contributed by atoms with Crippen LogP contribution in [0.5, 0.6) is 0 Å². The summed E-state index contributed by atoms with van der Waals surface area (Å²) in [7, 11) is 0. The van der Waals surface area contributed by atoms with E-state index >= 15 is 0 Å². The number of alkyl halides is 3. The molecule has 1 atom stereocenters. The van der Waals surface area contributed by atoms with Gasteiger partial charge >= 0.3 is 6.18 Å². The molecule has 0 bridgehead atoms. The minimum atomic E-state index is -4.43. The molecule has 19 heavy (non-hydrogen) atoms. The van der Waals surface area contributed by atoms with Crippen LogP contribution in [0.15, 0.2) is 18.3 Å². The Kier molecular flexibility index (Phi) is 4.04. The molecule has 104 valence electrons. The third-order valence-corrected chi connectivity index (χ3v) is 2.96. The molecule has 1 aromatic rings. The second kappa shape index (κ2) is 5.56. The number of carbonyl (C=O) groups excluding carboxylic acids is 1. The fraction of sp³-hybridized carbons (Fsp3) is 0.500. The van der Waals surface area contributed by atoms with Gasteiger partial charge in [-0.05, 0) is 31.0 Å². The fourth-order valence-electron chi connectivity index (χ4n) is 1.92. The summed E-state index contributed by atoms with van der Waals surface area (Å²) < 4.78 is 36.9. The summed E-state index contributed by atoms with van der Waals surface area (Å²) in [5, 5.41) is 5.72. The molecule has 1 aliphatic heterocycles. The molecule has 0 saturated carbocycles. The van der Waals surface area contributed by atoms with E-state index in [1.807, 2.05) is 0 Å². The smallest absolute Gasteiger partial charge is 0.351 e. The van der Waals surface area contributed by atoms with Gasteiger partial charge in [-0.25, -0.2) is 0 Å². The standard InChI is InChI=1S/C12H14F3N3O/c13-12(14,15)10-4-3-8(6-17-10)7-18-11(19)9-2-1-5-16-9/h3-4,6,9,16H,1-2,5,7H2,(H,18,19)/t9-/m1/s1. The average Bonchev–Trinajstić information content (AvgIpc) is 2.89. The quantitative estimate of drug-likeness (QED) is 0.877. The van der Waals surface area contributed by atoms with Gasteiger partial charge in [-0.1, -0.05) is 6.07 Å². The summed E-state index contributed by atoms with van der Waals surface area (Å²) >= 11 is 0. The predicted molar refractivity (Wildman–Crippen MR) is 62.1 cm³/mol. The Bertz CT molecular complexity index is 439. The number of aromatic nitrogens is 1. The summed E-state index contributed by atoms with van der Waals surface area (Å²) in [5.74, 6) is -0.127. The average molecular weight is 273 g/mol. The van der Waals surface area contributed by atoms with Crippen molar-refractivity contribution in [1.82, 2.24) is 15.6 Å². The summed E-state index contributed by atoms with van der Waals surface area (Å²) in [6.45, 7) is 1.00. The van der Waals surface area contributed by atoms with Crippen molar-refractivity contribution >= 4 is 5.91 Å². The Morgan fingerprint density at radius 3 is 2.79 bits per heavy atom. The number of nitrogens with zero attached hydrogens (tertiary/aromatic N) is 1. The molecule has 1 saturated heterocycles. The minimum absolute atomic E-state index is 0.127. The van der Waals surface area contributed by atoms with E-state index in [9.17, 15) is 18.0 Å². The number of hydrogen-bond donors (Lipinski definition) is 2. The van der Waals surface area contributed by atoms with E-state index in [1.54, 1.807) is 0 Å². The van der Waals surface area contributed by atoms with Crippen molar-refractivity contribution in [2.45, 2.75) is 31.6 Å². The number of pyridine rings is 1. The van der Waals surface area contributed by atoms with E-state index in [4.69, 9.17) is 0 Å². The molecule has 1 fully saturated rings. The third kappa shape index (κ3) is 3.66. The second-order valence-corrected chi connectivity index (χ2v) is 4.42. The minimum Gasteiger partial charge on any atom is -0.351 e. The number of nitrogens with one attached hydrogen (secondary N) is 2. The van der Waals surface area contributed by atoms with E-state index < -0.39 is 11.9 Å². The van der Waals surface area contributed by atoms with Gasteiger partial charge in [-0.2, -0.15) is 13.2 Å². The van der Waals surface area contributed by atoms with Crippen LogP contribution in [0.1, 0.15) is 24.1 Å². The molecule has 2 N–H and O–H groups in total. The molecular weight excluding hydrogens is 259 g/mol. The first-order valence-corrected chi connectivity index (χ1v) is 6.00. The van der Waals surface area contributed by atoms with Gasteiger partial charge in [0.15, 0.2) is 0 Å². The highest BCUT2D eigenvalue weighted by molar-refractivity contribution is 5.81. The molecule has 0 unspecified atom stereocenters. The van der Waals surface area contributed by atoms with E-state index in [1.165, 1.54) is 6.07 Å². The van der Waals surface area contributed by atoms with E-state index in [0.717, 1.165) is 31.6 Å². The Morgan fingerprint density at radius 2 is 2.26 bits per heavy atom. The van der Waals surface area contributed by atoms with Crippen molar-refractivity contribution < 1.29 is 18.0 Å². The van der Waals surface area contributed by atoms with Crippen LogP contribution in [-0.4, -0.2) is 23.5 Å². The summed E-state index contributed by atoms with van der Waals surface area (Å²) in [6, 6.07) is 2.04. The molecule has 4 nitrogen and oxygen atoms in total. The molecule has 2 heterocycles. The molecule has 7 heteroatoms. The zero-order chi connectivity index (χ0) is 13.9. The van der Waals surface area contributed by atoms with Gasteiger partial charge < -0.3 is 10.6 Å². The molecule has 0 aromatic carbocycles. The largest absolute Gasteiger partial charge is 0.433 e. The van der Waals surface area contributed by atoms with Crippen molar-refractivity contribution in [3.8, 4) is 0 Å². The first-order valence-electron chi connectivity index (χ1n) is 6.00. The predicted octanol–water partition coefficient (Wildman–Crippen LogP) is 1.47. The lowest BCUT2D eigenvalue weighted by atomic mass is 10.2. The Morgan fingerprint density at radius 1 is 1.47 bits per heavy atom. The Hall–Kier alpha value is -1.63. The molecule has 0 radical (unpaired) electrons. The second-order valence-electron chi connectivity index (χ2n) is 4.42. The summed E-state index contributed by atoms with van der Waals surface area (Å²) in [5.41, 5.74) is -0.389. The molecule has 1 amide bonds. The third-order valence-electron chi connectivity index (χ3n) is 2.96. The molecule has 0 aliphatic carbocycles. The first kappa shape index (κ1) is 13.8. The van der Waals surface area contributed by atoms with Crippen LogP contribution in [-0.2, 0) is 17.5 Å². The van der Waals surface area contributed by atoms with Crippen LogP contribution in [0.4, 0.5) is 13.2 Å². The Balaban J connectivity index is 1.87. The molecule has 1 aromatic heterocycles. The van der Waals surface area contributed by atoms with Gasteiger partial charge in [-0.3, -0.25) is 9.78 Å². The van der Waals surface area contributed by atoms with Crippen LogP contribution in [0.25, 0.3) is 0 Å². The van der Waals surface area contributed by atoms with E-state index in [-0.39, 0.29) is 18.5 Å². The van der Waals surface area contributed by atoms with Crippen LogP contribution < -0.4 is 10.6 Å². The maximum atomic E-state index is 12.3. The molecule has 2 rings (SSSR count). The highest BCUT2D eigenvalue weighted by Crippen LogP contribution is 2.27. The van der Waals surface area contributed by atoms with Crippen LogP contribution >= 0.6 is 0 Å². The van der Waals surface area contributed by atoms with E-state index in [2.05, 4.69) is 15.6 Å². The lowest BCUT2D eigenvalue weighted by Gasteiger charge is -2.11. The SMILES string of the molecule is O=C(NCc1ccc(C(F)(F)F)nc1)[C@H]1CCCN1. The Labute approximate surface area is 108 Å². The van der Waals surface area contributed by atoms with Gasteiger partial charge in [0, 0.05) is 12.7 Å². The van der Waals surface area contributed by atoms with Gasteiger partial charge in [0.2, 0.25) is 5.91 Å². The molecule has 1 aliphatic rings. The summed E-state index contributed by atoms with van der Waals surface area (Å²) in [4.78, 5) is 15.0. The molecular formula is C12H14F3N3O. The zero-order valence-electron chi connectivity index (χ0n) is 10.1. The van der Waals surface area contributed by atoms with Gasteiger partial charge in [0.1, 0.15) is 5.69 Å². The number of amides is 1. The van der Waals surface area contributed by atoms with Crippen molar-refractivity contribution in [1.29, 1.82) is 0 Å². The highest BCUT2D eigenvalue weighted by Gasteiger charge is 2.32. The van der Waals surface area contributed by atoms with Crippen LogP contribution in [0.2, 0.25) is 0 Å². The van der Waals surface area contributed by atoms with E-state index in [0.29, 0.717) is 5.56 Å². The van der Waals surface area contributed by atoms with Crippen molar-refractivity contribution in [3.63, 3.8) is 0 Å². The monoisotopic (exact) mass is 273 g/mol. The number of rotatable bonds is 3. The number of carbonyl (C=O) groups is 1. The first-order chi connectivity index (χ1) is 8.97. The van der Waals surface area contributed by atoms with Crippen LogP contribution in [0.3, 0.4) is 0 Å². The summed E-state index contributed by atoms with van der Waals surface area (Å²) in [6.07, 6.45) is -1.56. The number of hydrogen-bond acceptors (Lipinski definition) is 3. The van der Waals surface area contributed by atoms with Crippen molar-refractivity contribution in [3.05, 3.63) is 29.6 Å². The van der Waals surface area contributed by atoms with Crippen molar-refractivity contribution in [2.75, 3.05) is 6.54 Å². The maximum Gasteiger partial charge on any atom is 0.433 e. The molecule has 0 spiro atoms. The number of halogens is 3. The lowest BCUT2D eigenvalue weighted by Crippen LogP contribution is -2.40. The van der Waals surface area contributed by atoms with Gasteiger partial charge in [0.25, 0.3) is 0 Å². The lowest BCUT2D eigenvalue weighted by molar-refractivity contribution is -0.141. The normalized spacial score (nSPS) is 19.4. The zero-order valence-corrected chi connectivity index (χ0v) is 10.1. The van der Waals surface area contributed by atoms with Gasteiger partial charge in [0.05, 0.1) is 6.04 Å². The van der Waals surface area contributed by atoms with Crippen LogP contribution in [0, 0.1) is 0 Å².